The summed E-state index contributed by atoms with van der Waals surface area (Å²) in [4.78, 5) is 22.0. The third kappa shape index (κ3) is 2.83. The van der Waals surface area contributed by atoms with Gasteiger partial charge in [-0.3, -0.25) is 9.36 Å². The molecule has 6 nitrogen and oxygen atoms in total. The van der Waals surface area contributed by atoms with Gasteiger partial charge in [-0.05, 0) is 40.2 Å². The minimum atomic E-state index is -0.177. The van der Waals surface area contributed by atoms with E-state index in [0.717, 1.165) is 11.3 Å². The Morgan fingerprint density at radius 1 is 1.12 bits per heavy atom. The van der Waals surface area contributed by atoms with Crippen LogP contribution in [0.15, 0.2) is 64.3 Å². The molecule has 0 fully saturated rings. The summed E-state index contributed by atoms with van der Waals surface area (Å²) in [6.07, 6.45) is 3.22. The maximum Gasteiger partial charge on any atom is 0.264 e. The molecule has 0 radical (unpaired) electrons. The van der Waals surface area contributed by atoms with E-state index in [0.29, 0.717) is 33.9 Å². The number of aromatic nitrogens is 5. The number of benzene rings is 1. The highest BCUT2D eigenvalue weighted by Gasteiger charge is 2.18. The number of pyridine rings is 1. The van der Waals surface area contributed by atoms with Crippen LogP contribution in [0.25, 0.3) is 28.1 Å². The lowest BCUT2D eigenvalue weighted by atomic mass is 10.2. The summed E-state index contributed by atoms with van der Waals surface area (Å²) in [6.45, 7) is 0.344. The van der Waals surface area contributed by atoms with Crippen molar-refractivity contribution in [2.24, 2.45) is 0 Å². The molecule has 3 aromatic heterocycles. The first-order valence-electron chi connectivity index (χ1n) is 7.91. The summed E-state index contributed by atoms with van der Waals surface area (Å²) in [6, 6.07) is 13.2. The van der Waals surface area contributed by atoms with Crippen LogP contribution in [0.2, 0.25) is 0 Å². The molecule has 0 saturated heterocycles. The third-order valence-corrected chi connectivity index (χ3v) is 4.80. The van der Waals surface area contributed by atoms with Gasteiger partial charge in [-0.2, -0.15) is 5.10 Å². The molecular weight excluding hydrogens is 418 g/mol. The van der Waals surface area contributed by atoms with Gasteiger partial charge in [-0.25, -0.2) is 14.6 Å². The summed E-state index contributed by atoms with van der Waals surface area (Å²) in [5.41, 5.74) is 1.87. The molecule has 4 rings (SSSR count). The van der Waals surface area contributed by atoms with E-state index in [1.54, 1.807) is 27.7 Å². The van der Waals surface area contributed by atoms with Crippen LogP contribution in [-0.2, 0) is 6.54 Å². The Bertz CT molecular complexity index is 1140. The van der Waals surface area contributed by atoms with E-state index in [1.165, 1.54) is 0 Å². The monoisotopic (exact) mass is 429 g/mol. The van der Waals surface area contributed by atoms with Gasteiger partial charge in [-0.1, -0.05) is 18.2 Å². The number of rotatable bonds is 4. The van der Waals surface area contributed by atoms with Crippen LogP contribution in [-0.4, -0.2) is 30.2 Å². The lowest BCUT2D eigenvalue weighted by Crippen LogP contribution is -2.24. The van der Waals surface area contributed by atoms with Crippen LogP contribution in [0, 0.1) is 0 Å². The van der Waals surface area contributed by atoms with E-state index in [9.17, 15) is 4.79 Å². The van der Waals surface area contributed by atoms with E-state index in [2.05, 4.69) is 26.0 Å². The zero-order chi connectivity index (χ0) is 18.1. The molecule has 8 heteroatoms. The van der Waals surface area contributed by atoms with Crippen LogP contribution in [0.3, 0.4) is 0 Å². The molecule has 0 atom stereocenters. The Balaban J connectivity index is 2.05. The molecule has 0 N–H and O–H groups in total. The number of halogens is 2. The highest BCUT2D eigenvalue weighted by atomic mass is 79.9. The number of fused-ring (bicyclic) bond motifs is 1. The maximum atomic E-state index is 13.0. The van der Waals surface area contributed by atoms with Gasteiger partial charge in [0.25, 0.3) is 5.56 Å². The summed E-state index contributed by atoms with van der Waals surface area (Å²) in [5, 5.41) is 4.81. The van der Waals surface area contributed by atoms with E-state index >= 15 is 0 Å². The van der Waals surface area contributed by atoms with Crippen molar-refractivity contribution in [1.82, 2.24) is 24.3 Å². The fourth-order valence-corrected chi connectivity index (χ4v) is 3.41. The van der Waals surface area contributed by atoms with Gasteiger partial charge < -0.3 is 0 Å². The summed E-state index contributed by atoms with van der Waals surface area (Å²) in [7, 11) is 0. The molecule has 1 aromatic carbocycles. The first-order chi connectivity index (χ1) is 12.7. The van der Waals surface area contributed by atoms with E-state index in [4.69, 9.17) is 16.6 Å². The maximum absolute atomic E-state index is 13.0. The fourth-order valence-electron chi connectivity index (χ4n) is 2.81. The molecular formula is C18H13BrClN5O. The van der Waals surface area contributed by atoms with Gasteiger partial charge in [0.1, 0.15) is 15.8 Å². The van der Waals surface area contributed by atoms with E-state index in [1.807, 2.05) is 36.4 Å². The lowest BCUT2D eigenvalue weighted by Gasteiger charge is -2.12. The summed E-state index contributed by atoms with van der Waals surface area (Å²) >= 11 is 9.36. The molecule has 0 unspecified atom stereocenters. The average Bonchev–Trinajstić information content (AvgIpc) is 3.09. The number of hydrogen-bond donors (Lipinski definition) is 0. The second-order valence-electron chi connectivity index (χ2n) is 5.55. The molecule has 0 aliphatic carbocycles. The highest BCUT2D eigenvalue weighted by Crippen LogP contribution is 2.26. The number of alkyl halides is 1. The van der Waals surface area contributed by atoms with Crippen LogP contribution >= 0.6 is 27.5 Å². The summed E-state index contributed by atoms with van der Waals surface area (Å²) < 4.78 is 3.84. The van der Waals surface area contributed by atoms with Crippen molar-refractivity contribution in [2.45, 2.75) is 6.54 Å². The molecule has 130 valence electrons. The van der Waals surface area contributed by atoms with E-state index in [-0.39, 0.29) is 5.56 Å². The number of nitrogens with zero attached hydrogens (tertiary/aromatic N) is 5. The van der Waals surface area contributed by atoms with Crippen molar-refractivity contribution in [1.29, 1.82) is 0 Å². The first kappa shape index (κ1) is 16.9. The minimum absolute atomic E-state index is 0.177. The van der Waals surface area contributed by atoms with Crippen molar-refractivity contribution < 1.29 is 0 Å². The zero-order valence-corrected chi connectivity index (χ0v) is 15.9. The van der Waals surface area contributed by atoms with E-state index < -0.39 is 0 Å². The zero-order valence-electron chi connectivity index (χ0n) is 13.5. The van der Waals surface area contributed by atoms with Crippen molar-refractivity contribution in [2.75, 3.05) is 5.88 Å². The Labute approximate surface area is 162 Å². The Morgan fingerprint density at radius 2 is 1.92 bits per heavy atom. The molecule has 0 amide bonds. The summed E-state index contributed by atoms with van der Waals surface area (Å²) in [5.74, 6) is 0.797. The van der Waals surface area contributed by atoms with Crippen LogP contribution < -0.4 is 5.56 Å². The van der Waals surface area contributed by atoms with Crippen molar-refractivity contribution >= 4 is 38.6 Å². The smallest absolute Gasteiger partial charge is 0.264 e. The molecule has 0 saturated carbocycles. The van der Waals surface area contributed by atoms with Crippen molar-refractivity contribution in [3.63, 3.8) is 0 Å². The molecule has 0 spiro atoms. The van der Waals surface area contributed by atoms with Gasteiger partial charge in [0.2, 0.25) is 0 Å². The second kappa shape index (κ2) is 7.01. The van der Waals surface area contributed by atoms with Crippen molar-refractivity contribution in [3.8, 4) is 17.1 Å². The van der Waals surface area contributed by atoms with Crippen LogP contribution in [0.5, 0.6) is 0 Å². The molecule has 4 aromatic rings. The standard InChI is InChI=1S/C18H13BrClN5O/c19-15-13(7-4-9-21-15)16-23-17-14(18(26)24(16)10-8-20)11-22-25(17)12-5-2-1-3-6-12/h1-7,9,11H,8,10H2. The van der Waals surface area contributed by atoms with Gasteiger partial charge in [0.05, 0.1) is 17.4 Å². The second-order valence-corrected chi connectivity index (χ2v) is 6.68. The molecule has 0 aliphatic heterocycles. The lowest BCUT2D eigenvalue weighted by molar-refractivity contribution is 0.730. The third-order valence-electron chi connectivity index (χ3n) is 4.00. The van der Waals surface area contributed by atoms with Crippen LogP contribution in [0.4, 0.5) is 0 Å². The molecule has 0 aliphatic rings. The normalized spacial score (nSPS) is 11.2. The predicted octanol–water partition coefficient (Wildman–Crippen LogP) is 3.65. The topological polar surface area (TPSA) is 65.6 Å². The Hall–Kier alpha value is -2.51. The van der Waals surface area contributed by atoms with Gasteiger partial charge in [0.15, 0.2) is 5.65 Å². The fraction of sp³-hybridized carbons (Fsp3) is 0.111. The van der Waals surface area contributed by atoms with Gasteiger partial charge >= 0.3 is 0 Å². The molecule has 26 heavy (non-hydrogen) atoms. The Kier molecular flexibility index (Phi) is 4.57. The average molecular weight is 431 g/mol. The molecule has 0 bridgehead atoms. The predicted molar refractivity (Wildman–Crippen MR) is 105 cm³/mol. The minimum Gasteiger partial charge on any atom is -0.291 e. The number of para-hydroxylation sites is 1. The van der Waals surface area contributed by atoms with Crippen LogP contribution in [0.1, 0.15) is 0 Å². The van der Waals surface area contributed by atoms with Crippen molar-refractivity contribution in [3.05, 3.63) is 69.8 Å². The highest BCUT2D eigenvalue weighted by molar-refractivity contribution is 9.10. The van der Waals surface area contributed by atoms with Gasteiger partial charge in [0, 0.05) is 18.6 Å². The Morgan fingerprint density at radius 3 is 2.65 bits per heavy atom. The first-order valence-corrected chi connectivity index (χ1v) is 9.24. The largest absolute Gasteiger partial charge is 0.291 e. The van der Waals surface area contributed by atoms with Gasteiger partial charge in [-0.15, -0.1) is 11.6 Å². The number of hydrogen-bond acceptors (Lipinski definition) is 4. The molecule has 3 heterocycles. The quantitative estimate of drug-likeness (QED) is 0.366. The SMILES string of the molecule is O=c1c2cnn(-c3ccccc3)c2nc(-c2cccnc2Br)n1CCCl.